The fourth-order valence-corrected chi connectivity index (χ4v) is 7.43. The van der Waals surface area contributed by atoms with Crippen LogP contribution in [0.25, 0.3) is 10.9 Å². The van der Waals surface area contributed by atoms with Crippen molar-refractivity contribution >= 4 is 34.4 Å². The summed E-state index contributed by atoms with van der Waals surface area (Å²) in [6, 6.07) is 13.9. The molecule has 10 nitrogen and oxygen atoms in total. The summed E-state index contributed by atoms with van der Waals surface area (Å²) in [6.45, 7) is 2.77. The van der Waals surface area contributed by atoms with Gasteiger partial charge in [-0.3, -0.25) is 24.6 Å². The molecule has 0 radical (unpaired) electrons. The summed E-state index contributed by atoms with van der Waals surface area (Å²) in [4.78, 5) is 47.1. The van der Waals surface area contributed by atoms with Gasteiger partial charge in [-0.2, -0.15) is 0 Å². The van der Waals surface area contributed by atoms with Gasteiger partial charge in [0.05, 0.1) is 18.2 Å². The van der Waals surface area contributed by atoms with E-state index in [9.17, 15) is 14.4 Å². The molecule has 0 bridgehead atoms. The number of nitrogens with one attached hydrogen (secondary N) is 1. The van der Waals surface area contributed by atoms with Gasteiger partial charge >= 0.3 is 0 Å². The van der Waals surface area contributed by atoms with Gasteiger partial charge in [-0.05, 0) is 66.4 Å². The summed E-state index contributed by atoms with van der Waals surface area (Å²) in [5.41, 5.74) is 2.80. The molecular formula is C33H33F2N5O5. The van der Waals surface area contributed by atoms with Crippen LogP contribution in [0.2, 0.25) is 0 Å². The molecule has 4 fully saturated rings. The zero-order valence-corrected chi connectivity index (χ0v) is 24.6. The number of ether oxygens (including phenoxy) is 2. The van der Waals surface area contributed by atoms with Crippen molar-refractivity contribution in [1.29, 1.82) is 0 Å². The van der Waals surface area contributed by atoms with E-state index in [4.69, 9.17) is 14.5 Å². The lowest BCUT2D eigenvalue weighted by Crippen LogP contribution is -2.52. The summed E-state index contributed by atoms with van der Waals surface area (Å²) < 4.78 is 42.0. The van der Waals surface area contributed by atoms with Crippen molar-refractivity contribution in [1.82, 2.24) is 20.1 Å². The van der Waals surface area contributed by atoms with E-state index in [0.29, 0.717) is 29.7 Å². The Bertz CT molecular complexity index is 1710. The van der Waals surface area contributed by atoms with E-state index in [1.54, 1.807) is 17.0 Å². The quantitative estimate of drug-likeness (QED) is 0.421. The number of halogens is 2. The minimum Gasteiger partial charge on any atom is -0.483 e. The summed E-state index contributed by atoms with van der Waals surface area (Å²) in [6.07, 6.45) is 0.442. The van der Waals surface area contributed by atoms with Crippen LogP contribution >= 0.6 is 0 Å². The normalized spacial score (nSPS) is 27.7. The van der Waals surface area contributed by atoms with E-state index in [1.165, 1.54) is 11.0 Å². The Morgan fingerprint density at radius 2 is 1.91 bits per heavy atom. The van der Waals surface area contributed by atoms with Gasteiger partial charge in [0.2, 0.25) is 11.8 Å². The second-order valence-corrected chi connectivity index (χ2v) is 12.8. The number of carbonyl (C=O) groups excluding carboxylic acids is 3. The highest BCUT2D eigenvalue weighted by Gasteiger charge is 2.50. The number of rotatable bonds is 6. The number of aromatic nitrogens is 1. The molecule has 0 aliphatic carbocycles. The summed E-state index contributed by atoms with van der Waals surface area (Å²) in [7, 11) is 0. The molecule has 12 heteroatoms. The van der Waals surface area contributed by atoms with Crippen LogP contribution in [0.1, 0.15) is 40.7 Å². The third-order valence-electron chi connectivity index (χ3n) is 9.77. The number of imide groups is 1. The van der Waals surface area contributed by atoms with E-state index in [-0.39, 0.29) is 43.5 Å². The highest BCUT2D eigenvalue weighted by molar-refractivity contribution is 6.05. The van der Waals surface area contributed by atoms with E-state index >= 15 is 8.78 Å². The predicted molar refractivity (Wildman–Crippen MR) is 159 cm³/mol. The van der Waals surface area contributed by atoms with Crippen molar-refractivity contribution in [2.45, 2.75) is 56.5 Å². The zero-order chi connectivity index (χ0) is 30.9. The Kier molecular flexibility index (Phi) is 6.75. The van der Waals surface area contributed by atoms with Crippen molar-refractivity contribution in [2.24, 2.45) is 5.92 Å². The first-order valence-electron chi connectivity index (χ1n) is 15.5. The van der Waals surface area contributed by atoms with Gasteiger partial charge < -0.3 is 19.3 Å². The number of carbonyl (C=O) groups is 3. The van der Waals surface area contributed by atoms with Crippen molar-refractivity contribution in [2.75, 3.05) is 37.7 Å². The van der Waals surface area contributed by atoms with Gasteiger partial charge in [0.15, 0.2) is 6.10 Å². The minimum absolute atomic E-state index is 0.0417. The average Bonchev–Trinajstić information content (AvgIpc) is 3.75. The second-order valence-electron chi connectivity index (χ2n) is 12.8. The molecule has 45 heavy (non-hydrogen) atoms. The maximum atomic E-state index is 15.2. The molecular weight excluding hydrogens is 584 g/mol. The van der Waals surface area contributed by atoms with E-state index in [1.807, 2.05) is 30.3 Å². The standard InChI is InChI=1S/C33H33F2N5O5/c34-33(35)18-38(13-19-1-5-25-20(11-19)2-7-29(36-25)39-14-21-9-10-44-27(21)16-39)17-28(33)45-23-3-4-24-22(12-23)15-40(32(24)43)26-6-8-30(41)37-31(26)42/h1-5,7,11-12,21,26-28H,6,8-10,13-18H2,(H,37,41,42)/t21-,26+,27+,28-/m1/s1. The lowest BCUT2D eigenvalue weighted by atomic mass is 10.0. The number of likely N-dealkylation sites (tertiary alicyclic amines) is 1. The molecule has 0 saturated carbocycles. The minimum atomic E-state index is -3.07. The molecule has 2 aromatic carbocycles. The first-order chi connectivity index (χ1) is 21.7. The van der Waals surface area contributed by atoms with Crippen LogP contribution in [0.15, 0.2) is 48.5 Å². The maximum Gasteiger partial charge on any atom is 0.297 e. The van der Waals surface area contributed by atoms with Crippen molar-refractivity contribution in [3.05, 3.63) is 65.2 Å². The summed E-state index contributed by atoms with van der Waals surface area (Å²) in [5, 5.41) is 3.24. The molecule has 4 atom stereocenters. The Balaban J connectivity index is 0.916. The number of pyridine rings is 1. The number of benzene rings is 2. The number of hydrogen-bond acceptors (Lipinski definition) is 8. The molecule has 4 saturated heterocycles. The molecule has 8 rings (SSSR count). The van der Waals surface area contributed by atoms with Gasteiger partial charge in [-0.25, -0.2) is 13.8 Å². The Morgan fingerprint density at radius 1 is 1.02 bits per heavy atom. The number of alkyl halides is 2. The van der Waals surface area contributed by atoms with Gasteiger partial charge in [0.25, 0.3) is 11.8 Å². The molecule has 0 spiro atoms. The number of fused-ring (bicyclic) bond motifs is 3. The Hall–Kier alpha value is -4.16. The van der Waals surface area contributed by atoms with Crippen LogP contribution in [-0.2, 0) is 27.4 Å². The highest BCUT2D eigenvalue weighted by Crippen LogP contribution is 2.36. The highest BCUT2D eigenvalue weighted by atomic mass is 19.3. The smallest absolute Gasteiger partial charge is 0.297 e. The molecule has 3 amide bonds. The van der Waals surface area contributed by atoms with Crippen LogP contribution < -0.4 is 15.0 Å². The summed E-state index contributed by atoms with van der Waals surface area (Å²) >= 11 is 0. The zero-order valence-electron chi connectivity index (χ0n) is 24.6. The van der Waals surface area contributed by atoms with Crippen LogP contribution in [-0.4, -0.2) is 89.5 Å². The molecule has 6 heterocycles. The van der Waals surface area contributed by atoms with E-state index in [2.05, 4.69) is 10.2 Å². The van der Waals surface area contributed by atoms with Crippen LogP contribution in [0.4, 0.5) is 14.6 Å². The van der Waals surface area contributed by atoms with Crippen LogP contribution in [0, 0.1) is 5.92 Å². The molecule has 0 unspecified atom stereocenters. The van der Waals surface area contributed by atoms with Gasteiger partial charge in [-0.1, -0.05) is 6.07 Å². The fraction of sp³-hybridized carbons (Fsp3) is 0.455. The number of nitrogens with zero attached hydrogens (tertiary/aromatic N) is 4. The third kappa shape index (κ3) is 5.19. The van der Waals surface area contributed by atoms with Crippen LogP contribution in [0.3, 0.4) is 0 Å². The topological polar surface area (TPSA) is 104 Å². The van der Waals surface area contributed by atoms with Crippen molar-refractivity contribution in [3.63, 3.8) is 0 Å². The van der Waals surface area contributed by atoms with Crippen molar-refractivity contribution < 1.29 is 32.6 Å². The van der Waals surface area contributed by atoms with E-state index in [0.717, 1.165) is 48.4 Å². The SMILES string of the molecule is O=C1CC[C@H](N2Cc3cc(O[C@@H]4CN(Cc5ccc6nc(N7C[C@H]8CCO[C@H]8C7)ccc6c5)CC4(F)F)ccc3C2=O)C(=O)N1. The molecule has 234 valence electrons. The number of amides is 3. The van der Waals surface area contributed by atoms with E-state index < -0.39 is 30.5 Å². The predicted octanol–water partition coefficient (Wildman–Crippen LogP) is 3.12. The second kappa shape index (κ2) is 10.7. The maximum absolute atomic E-state index is 15.2. The largest absolute Gasteiger partial charge is 0.483 e. The lowest BCUT2D eigenvalue weighted by Gasteiger charge is -2.29. The molecule has 5 aliphatic heterocycles. The van der Waals surface area contributed by atoms with Crippen molar-refractivity contribution in [3.8, 4) is 5.75 Å². The van der Waals surface area contributed by atoms with Gasteiger partial charge in [0, 0.05) is 62.6 Å². The molecule has 1 aromatic heterocycles. The lowest BCUT2D eigenvalue weighted by molar-refractivity contribution is -0.136. The number of anilines is 1. The molecule has 3 aromatic rings. The first-order valence-corrected chi connectivity index (χ1v) is 15.5. The van der Waals surface area contributed by atoms with Gasteiger partial charge in [0.1, 0.15) is 17.6 Å². The monoisotopic (exact) mass is 617 g/mol. The average molecular weight is 618 g/mol. The van der Waals surface area contributed by atoms with Crippen LogP contribution in [0.5, 0.6) is 5.75 Å². The molecule has 5 aliphatic rings. The first kappa shape index (κ1) is 28.3. The fourth-order valence-electron chi connectivity index (χ4n) is 7.43. The number of hydrogen-bond donors (Lipinski definition) is 1. The Labute approximate surface area is 258 Å². The van der Waals surface area contributed by atoms with Gasteiger partial charge in [-0.15, -0.1) is 0 Å². The Morgan fingerprint density at radius 3 is 2.76 bits per heavy atom. The third-order valence-corrected chi connectivity index (χ3v) is 9.77. The molecule has 1 N–H and O–H groups in total. The number of piperidine rings is 1. The summed E-state index contributed by atoms with van der Waals surface area (Å²) in [5.74, 6) is -2.49.